The average molecular weight is 310 g/mol. The smallest absolute Gasteiger partial charge is 0.250 e. The highest BCUT2D eigenvalue weighted by Gasteiger charge is 2.55. The highest BCUT2D eigenvalue weighted by molar-refractivity contribution is 5.56. The van der Waals surface area contributed by atoms with E-state index < -0.39 is 17.9 Å². The molecule has 118 valence electrons. The Morgan fingerprint density at radius 2 is 1.87 bits per heavy atom. The molecule has 2 aromatic rings. The zero-order valence-electron chi connectivity index (χ0n) is 12.8. The highest BCUT2D eigenvalue weighted by atomic mass is 16.6. The van der Waals surface area contributed by atoms with Crippen LogP contribution in [0.15, 0.2) is 54.6 Å². The molecule has 2 aliphatic rings. The van der Waals surface area contributed by atoms with Crippen molar-refractivity contribution in [3.05, 3.63) is 75.8 Å². The predicted molar refractivity (Wildman–Crippen MR) is 86.9 cm³/mol. The molecule has 2 aliphatic heterocycles. The summed E-state index contributed by atoms with van der Waals surface area (Å²) in [6.45, 7) is 1.97. The average Bonchev–Trinajstić information content (AvgIpc) is 2.54. The quantitative estimate of drug-likeness (QED) is 0.678. The van der Waals surface area contributed by atoms with E-state index >= 15 is 0 Å². The maximum absolute atomic E-state index is 11.9. The molecule has 1 fully saturated rings. The molecule has 0 spiro atoms. The number of benzene rings is 2. The van der Waals surface area contributed by atoms with E-state index in [0.29, 0.717) is 6.42 Å². The van der Waals surface area contributed by atoms with Crippen LogP contribution in [0.1, 0.15) is 36.5 Å². The Bertz CT molecular complexity index is 749. The van der Waals surface area contributed by atoms with Gasteiger partial charge in [-0.3, -0.25) is 10.1 Å². The Balaban J connectivity index is 1.84. The summed E-state index contributed by atoms with van der Waals surface area (Å²) >= 11 is 0. The molecule has 4 rings (SSSR count). The lowest BCUT2D eigenvalue weighted by molar-refractivity contribution is -0.550. The van der Waals surface area contributed by atoms with Crippen LogP contribution in [0.25, 0.3) is 0 Å². The SMILES string of the molecule is C[C@@]12C[C@H](c3ccccc3)[C@@H]([N+](=O)[O-])[C@H](O1)c1ccccc1N2. The van der Waals surface area contributed by atoms with Crippen molar-refractivity contribution in [3.8, 4) is 0 Å². The lowest BCUT2D eigenvalue weighted by Gasteiger charge is -2.48. The van der Waals surface area contributed by atoms with Crippen molar-refractivity contribution < 1.29 is 9.66 Å². The van der Waals surface area contributed by atoms with Gasteiger partial charge in [0.25, 0.3) is 0 Å². The van der Waals surface area contributed by atoms with Crippen molar-refractivity contribution in [1.82, 2.24) is 0 Å². The third kappa shape index (κ3) is 2.28. The summed E-state index contributed by atoms with van der Waals surface area (Å²) in [5, 5.41) is 15.3. The van der Waals surface area contributed by atoms with Crippen molar-refractivity contribution >= 4 is 5.69 Å². The Morgan fingerprint density at radius 3 is 2.61 bits per heavy atom. The minimum absolute atomic E-state index is 0.177. The predicted octanol–water partition coefficient (Wildman–Crippen LogP) is 3.72. The summed E-state index contributed by atoms with van der Waals surface area (Å²) in [6.07, 6.45) is 0.0273. The van der Waals surface area contributed by atoms with Crippen molar-refractivity contribution in [2.75, 3.05) is 5.32 Å². The number of hydrogen-bond acceptors (Lipinski definition) is 4. The second kappa shape index (κ2) is 5.06. The van der Waals surface area contributed by atoms with Gasteiger partial charge in [-0.25, -0.2) is 0 Å². The van der Waals surface area contributed by atoms with Gasteiger partial charge in [0, 0.05) is 22.6 Å². The summed E-state index contributed by atoms with van der Waals surface area (Å²) in [6, 6.07) is 16.7. The third-order valence-electron chi connectivity index (χ3n) is 4.86. The van der Waals surface area contributed by atoms with E-state index in [9.17, 15) is 10.1 Å². The van der Waals surface area contributed by atoms with Gasteiger partial charge in [0.1, 0.15) is 5.72 Å². The molecule has 1 saturated heterocycles. The van der Waals surface area contributed by atoms with Crippen molar-refractivity contribution in [2.24, 2.45) is 0 Å². The normalized spacial score (nSPS) is 31.8. The van der Waals surface area contributed by atoms with Crippen LogP contribution in [0.4, 0.5) is 5.69 Å². The molecule has 0 radical (unpaired) electrons. The van der Waals surface area contributed by atoms with Gasteiger partial charge in [0.2, 0.25) is 6.04 Å². The fraction of sp³-hybridized carbons (Fsp3) is 0.333. The van der Waals surface area contributed by atoms with Gasteiger partial charge in [-0.2, -0.15) is 0 Å². The summed E-state index contributed by atoms with van der Waals surface area (Å²) < 4.78 is 6.11. The Hall–Kier alpha value is -2.40. The number of nitrogens with one attached hydrogen (secondary N) is 1. The van der Waals surface area contributed by atoms with Crippen molar-refractivity contribution in [3.63, 3.8) is 0 Å². The molecule has 0 saturated carbocycles. The molecular weight excluding hydrogens is 292 g/mol. The number of anilines is 1. The molecular formula is C18H18N2O3. The number of hydrogen-bond donors (Lipinski definition) is 1. The van der Waals surface area contributed by atoms with E-state index in [1.54, 1.807) is 0 Å². The fourth-order valence-electron chi connectivity index (χ4n) is 3.89. The van der Waals surface area contributed by atoms with Crippen LogP contribution in [-0.2, 0) is 4.74 Å². The Morgan fingerprint density at radius 1 is 1.17 bits per heavy atom. The molecule has 5 nitrogen and oxygen atoms in total. The Labute approximate surface area is 134 Å². The van der Waals surface area contributed by atoms with Gasteiger partial charge < -0.3 is 10.1 Å². The first kappa shape index (κ1) is 14.2. The zero-order chi connectivity index (χ0) is 16.0. The van der Waals surface area contributed by atoms with Gasteiger partial charge in [-0.15, -0.1) is 0 Å². The van der Waals surface area contributed by atoms with Crippen LogP contribution in [0, 0.1) is 10.1 Å². The first-order valence-corrected chi connectivity index (χ1v) is 7.81. The van der Waals surface area contributed by atoms with Crippen LogP contribution >= 0.6 is 0 Å². The Kier molecular flexibility index (Phi) is 3.13. The number of rotatable bonds is 2. The van der Waals surface area contributed by atoms with Crippen LogP contribution in [0.3, 0.4) is 0 Å². The summed E-state index contributed by atoms with van der Waals surface area (Å²) in [5.74, 6) is -0.184. The van der Waals surface area contributed by atoms with Gasteiger partial charge in [-0.1, -0.05) is 48.5 Å². The first-order valence-electron chi connectivity index (χ1n) is 7.81. The second-order valence-electron chi connectivity index (χ2n) is 6.48. The van der Waals surface area contributed by atoms with Crippen molar-refractivity contribution in [2.45, 2.75) is 37.1 Å². The monoisotopic (exact) mass is 310 g/mol. The number of fused-ring (bicyclic) bond motifs is 4. The maximum Gasteiger partial charge on any atom is 0.250 e. The lowest BCUT2D eigenvalue weighted by atomic mass is 9.76. The molecule has 2 bridgehead atoms. The van der Waals surface area contributed by atoms with Crippen LogP contribution in [-0.4, -0.2) is 16.7 Å². The second-order valence-corrected chi connectivity index (χ2v) is 6.48. The van der Waals surface area contributed by atoms with Gasteiger partial charge in [0.05, 0.1) is 5.92 Å². The molecule has 4 atom stereocenters. The van der Waals surface area contributed by atoms with Gasteiger partial charge >= 0.3 is 0 Å². The van der Waals surface area contributed by atoms with Crippen LogP contribution < -0.4 is 5.32 Å². The first-order chi connectivity index (χ1) is 11.1. The maximum atomic E-state index is 11.9. The summed E-state index contributed by atoms with van der Waals surface area (Å²) in [5.41, 5.74) is 2.21. The lowest BCUT2D eigenvalue weighted by Crippen LogP contribution is -2.55. The zero-order valence-corrected chi connectivity index (χ0v) is 12.8. The molecule has 0 aromatic heterocycles. The van der Waals surface area contributed by atoms with E-state index in [1.165, 1.54) is 0 Å². The largest absolute Gasteiger partial charge is 0.357 e. The molecule has 2 heterocycles. The van der Waals surface area contributed by atoms with E-state index in [1.807, 2.05) is 61.5 Å². The molecule has 2 aromatic carbocycles. The molecule has 0 aliphatic carbocycles. The van der Waals surface area contributed by atoms with E-state index in [-0.39, 0.29) is 10.8 Å². The number of ether oxygens (including phenoxy) is 1. The van der Waals surface area contributed by atoms with Gasteiger partial charge in [0.15, 0.2) is 6.10 Å². The molecule has 1 N–H and O–H groups in total. The van der Waals surface area contributed by atoms with Crippen LogP contribution in [0.5, 0.6) is 0 Å². The van der Waals surface area contributed by atoms with Crippen molar-refractivity contribution in [1.29, 1.82) is 0 Å². The minimum Gasteiger partial charge on any atom is -0.357 e. The standard InChI is InChI=1S/C18H18N2O3/c1-18-11-14(12-7-3-2-4-8-12)16(20(21)22)17(23-18)13-9-5-6-10-15(13)19-18/h2-10,14,16-17,19H,11H2,1H3/t14-,16-,17-,18+/m1/s1. The molecule has 23 heavy (non-hydrogen) atoms. The third-order valence-corrected chi connectivity index (χ3v) is 4.86. The van der Waals surface area contributed by atoms with Gasteiger partial charge in [-0.05, 0) is 18.6 Å². The van der Waals surface area contributed by atoms with E-state index in [2.05, 4.69) is 5.32 Å². The summed E-state index contributed by atoms with van der Waals surface area (Å²) in [7, 11) is 0. The van der Waals surface area contributed by atoms with E-state index in [0.717, 1.165) is 16.8 Å². The summed E-state index contributed by atoms with van der Waals surface area (Å²) in [4.78, 5) is 11.7. The fourth-order valence-corrected chi connectivity index (χ4v) is 3.89. The van der Waals surface area contributed by atoms with Crippen LogP contribution in [0.2, 0.25) is 0 Å². The molecule has 0 unspecified atom stereocenters. The topological polar surface area (TPSA) is 64.4 Å². The number of para-hydroxylation sites is 1. The van der Waals surface area contributed by atoms with E-state index in [4.69, 9.17) is 4.74 Å². The minimum atomic E-state index is -0.784. The number of nitrogens with zero attached hydrogens (tertiary/aromatic N) is 1. The molecule has 0 amide bonds. The molecule has 5 heteroatoms. The number of nitro groups is 1. The highest BCUT2D eigenvalue weighted by Crippen LogP contribution is 2.51.